The van der Waals surface area contributed by atoms with Crippen LogP contribution in [0.3, 0.4) is 0 Å². The van der Waals surface area contributed by atoms with Crippen molar-refractivity contribution in [1.82, 2.24) is 28.5 Å². The van der Waals surface area contributed by atoms with Crippen molar-refractivity contribution in [3.63, 3.8) is 0 Å². The molecule has 0 saturated heterocycles. The quantitative estimate of drug-likeness (QED) is 0.158. The van der Waals surface area contributed by atoms with Crippen molar-refractivity contribution in [3.05, 3.63) is 175 Å². The first kappa shape index (κ1) is 70.3. The van der Waals surface area contributed by atoms with Crippen LogP contribution < -0.4 is 28.7 Å². The minimum absolute atomic E-state index is 0.0806. The highest BCUT2D eigenvalue weighted by molar-refractivity contribution is 7.91. The summed E-state index contributed by atoms with van der Waals surface area (Å²) in [7, 11) is -0.728. The van der Waals surface area contributed by atoms with Gasteiger partial charge < -0.3 is 37.9 Å². The number of nitrogens with one attached hydrogen (secondary N) is 2. The summed E-state index contributed by atoms with van der Waals surface area (Å²) < 4.78 is 88.8. The van der Waals surface area contributed by atoms with E-state index in [9.17, 15) is 26.4 Å². The van der Waals surface area contributed by atoms with Crippen molar-refractivity contribution in [1.29, 1.82) is 0 Å². The molecule has 2 N–H and O–H groups in total. The molecule has 4 aromatic carbocycles. The molecule has 24 heteroatoms. The summed E-state index contributed by atoms with van der Waals surface area (Å²) in [6.07, 6.45) is 22.4. The van der Waals surface area contributed by atoms with Crippen molar-refractivity contribution in [2.24, 2.45) is 49.6 Å². The summed E-state index contributed by atoms with van der Waals surface area (Å²) in [6.45, 7) is 10.7. The van der Waals surface area contributed by atoms with Gasteiger partial charge in [0.1, 0.15) is 22.7 Å². The molecule has 4 aliphatic heterocycles. The molecule has 524 valence electrons. The Bertz CT molecular complexity index is 4100. The van der Waals surface area contributed by atoms with Gasteiger partial charge in [-0.15, -0.1) is 0 Å². The SMILES string of the molecule is CO[C@@]1(c2cnc(Cl)n2C)/C=C/C[C@H](C)[C@@H](C)S(=O)(=O)NC(=O)c2ccc3c(c2)N(C[C@@H]2CC[C@H]21)C[C@@]1(CCCc2cc(Cl)ccc21)CO3.CO[C@]1(c2cnc(Cl)n2C)/C=C/C[C@H](C)[C@@H](C)S(=O)(=O)NC(=O)c2ccc3c(c2)N(C[C@@H]2CC[C@H]21)C[C@@]1(CCCc2cc(Cl)ccc21)CO3. The van der Waals surface area contributed by atoms with Crippen molar-refractivity contribution in [2.45, 2.75) is 137 Å². The Kier molecular flexibility index (Phi) is 19.6. The second kappa shape index (κ2) is 27.3. The number of ether oxygens (including phenoxy) is 4. The van der Waals surface area contributed by atoms with E-state index in [4.69, 9.17) is 65.4 Å². The number of fused-ring (bicyclic) bond motifs is 8. The fourth-order valence-electron chi connectivity index (χ4n) is 17.2. The lowest BCUT2D eigenvalue weighted by molar-refractivity contribution is -0.0847. The van der Waals surface area contributed by atoms with Crippen molar-refractivity contribution in [2.75, 3.05) is 63.4 Å². The first-order valence-corrected chi connectivity index (χ1v) is 38.9. The molecule has 8 aliphatic rings. The lowest BCUT2D eigenvalue weighted by Gasteiger charge is -2.50. The highest BCUT2D eigenvalue weighted by Gasteiger charge is 2.54. The molecule has 6 heterocycles. The maximum absolute atomic E-state index is 13.6. The molecule has 14 rings (SSSR count). The number of aromatic nitrogens is 4. The maximum Gasteiger partial charge on any atom is 0.264 e. The molecule has 2 spiro atoms. The lowest BCUT2D eigenvalue weighted by Crippen LogP contribution is -2.52. The number of carbonyl (C=O) groups is 2. The molecule has 4 bridgehead atoms. The average Bonchev–Trinajstić information content (AvgIpc) is 1.36. The van der Waals surface area contributed by atoms with Crippen molar-refractivity contribution < 1.29 is 45.4 Å². The minimum Gasteiger partial charge on any atom is -0.490 e. The zero-order valence-electron chi connectivity index (χ0n) is 56.8. The summed E-state index contributed by atoms with van der Waals surface area (Å²) in [5.74, 6) is 0.0966. The Hall–Kier alpha value is -6.10. The first-order valence-electron chi connectivity index (χ1n) is 34.3. The number of aryl methyl sites for hydroxylation is 2. The number of benzene rings is 4. The van der Waals surface area contributed by atoms with Crippen LogP contribution in [-0.2, 0) is 78.5 Å². The van der Waals surface area contributed by atoms with Gasteiger partial charge in [0.2, 0.25) is 30.6 Å². The zero-order chi connectivity index (χ0) is 69.4. The second-order valence-electron chi connectivity index (χ2n) is 29.0. The molecule has 0 unspecified atom stereocenters. The van der Waals surface area contributed by atoms with Crippen LogP contribution in [0.1, 0.15) is 146 Å². The van der Waals surface area contributed by atoms with E-state index < -0.39 is 53.6 Å². The average molecular weight is 1460 g/mol. The summed E-state index contributed by atoms with van der Waals surface area (Å²) in [5.41, 5.74) is 6.51. The van der Waals surface area contributed by atoms with Gasteiger partial charge in [-0.2, -0.15) is 0 Å². The third-order valence-electron chi connectivity index (χ3n) is 23.6. The van der Waals surface area contributed by atoms with E-state index in [2.05, 4.69) is 65.6 Å². The van der Waals surface area contributed by atoms with Crippen molar-refractivity contribution >= 4 is 89.6 Å². The van der Waals surface area contributed by atoms with Gasteiger partial charge in [-0.3, -0.25) is 9.59 Å². The number of nitrogens with zero attached hydrogens (tertiary/aromatic N) is 6. The van der Waals surface area contributed by atoms with Crippen LogP contribution in [0.2, 0.25) is 20.6 Å². The van der Waals surface area contributed by atoms with Gasteiger partial charge in [-0.05, 0) is 221 Å². The molecule has 0 radical (unpaired) electrons. The number of hydrogen-bond acceptors (Lipinski definition) is 14. The van der Waals surface area contributed by atoms with E-state index in [-0.39, 0.29) is 57.5 Å². The third kappa shape index (κ3) is 12.8. The molecular weight excluding hydrogens is 1370 g/mol. The summed E-state index contributed by atoms with van der Waals surface area (Å²) >= 11 is 25.9. The number of amides is 2. The van der Waals surface area contributed by atoms with E-state index >= 15 is 0 Å². The van der Waals surface area contributed by atoms with E-state index in [1.54, 1.807) is 64.7 Å². The maximum atomic E-state index is 13.6. The number of halogens is 4. The predicted octanol–water partition coefficient (Wildman–Crippen LogP) is 13.6. The summed E-state index contributed by atoms with van der Waals surface area (Å²) in [5, 5.41) is 0.545. The molecule has 2 aromatic heterocycles. The normalized spacial score (nSPS) is 31.8. The topological polar surface area (TPSA) is 206 Å². The molecule has 2 amide bonds. The van der Waals surface area contributed by atoms with Crippen molar-refractivity contribution in [3.8, 4) is 11.5 Å². The largest absolute Gasteiger partial charge is 0.490 e. The third-order valence-corrected chi connectivity index (χ3v) is 28.6. The van der Waals surface area contributed by atoms with Gasteiger partial charge in [-0.1, -0.05) is 73.5 Å². The van der Waals surface area contributed by atoms with Crippen LogP contribution in [-0.4, -0.2) is 112 Å². The lowest BCUT2D eigenvalue weighted by atomic mass is 9.63. The molecule has 98 heavy (non-hydrogen) atoms. The van der Waals surface area contributed by atoms with Crippen LogP contribution >= 0.6 is 46.4 Å². The van der Waals surface area contributed by atoms with Crippen LogP contribution in [0.25, 0.3) is 0 Å². The number of carbonyl (C=O) groups excluding carboxylic acids is 2. The van der Waals surface area contributed by atoms with Crippen LogP contribution in [0.15, 0.2) is 109 Å². The van der Waals surface area contributed by atoms with Crippen LogP contribution in [0.4, 0.5) is 11.4 Å². The molecule has 6 aromatic rings. The number of anilines is 2. The highest BCUT2D eigenvalue weighted by atomic mass is 35.5. The Morgan fingerprint density at radius 2 is 0.969 bits per heavy atom. The molecule has 2 fully saturated rings. The van der Waals surface area contributed by atoms with Gasteiger partial charge in [-0.25, -0.2) is 36.2 Å². The van der Waals surface area contributed by atoms with Crippen LogP contribution in [0, 0.1) is 35.5 Å². The molecule has 18 nitrogen and oxygen atoms in total. The molecule has 12 atom stereocenters. The monoisotopic (exact) mass is 1450 g/mol. The Morgan fingerprint density at radius 3 is 1.33 bits per heavy atom. The smallest absolute Gasteiger partial charge is 0.264 e. The molecule has 4 aliphatic carbocycles. The predicted molar refractivity (Wildman–Crippen MR) is 384 cm³/mol. The van der Waals surface area contributed by atoms with E-state index in [0.717, 1.165) is 97.0 Å². The minimum atomic E-state index is -3.99. The number of sulfonamides is 2. The Balaban J connectivity index is 0.000000176. The molecule has 2 saturated carbocycles. The zero-order valence-corrected chi connectivity index (χ0v) is 61.5. The summed E-state index contributed by atoms with van der Waals surface area (Å²) in [4.78, 5) is 40.7. The fraction of sp³-hybridized carbons (Fsp3) is 0.514. The van der Waals surface area contributed by atoms with E-state index in [0.29, 0.717) is 74.3 Å². The standard InChI is InChI=1S/2C37H44Cl2N4O5S/c2*1-23-7-5-16-37(47-4,33-19-40-35(39)42(33)3)30-12-9-27(30)20-43-21-36(15-6-8-25-17-28(38)11-13-29(25)36)22-48-32-14-10-26(18-31(32)43)34(44)41-49(45,46)24(23)2/h2*5,10-11,13-14,16-19,23-24,27,30H,6-9,12,15,20-22H2,1-4H3,(H,41,44)/b2*16-5+/t23-,24+,27-,30+,36-,37+;23-,24+,27-,30+,36-,37-/m00/s1. The number of hydrogen-bond donors (Lipinski definition) is 2. The van der Waals surface area contributed by atoms with Gasteiger partial charge in [0.05, 0.1) is 58.9 Å². The van der Waals surface area contributed by atoms with E-state index in [1.807, 2.05) is 73.5 Å². The molecular formula is C74H88Cl4N8O10S2. The van der Waals surface area contributed by atoms with Gasteiger partial charge >= 0.3 is 0 Å². The number of rotatable bonds is 4. The second-order valence-corrected chi connectivity index (χ2v) is 34.6. The van der Waals surface area contributed by atoms with Gasteiger partial charge in [0, 0.05) is 98.3 Å². The Labute approximate surface area is 596 Å². The number of allylic oxidation sites excluding steroid dienone is 2. The van der Waals surface area contributed by atoms with E-state index in [1.165, 1.54) is 22.3 Å². The highest BCUT2D eigenvalue weighted by Crippen LogP contribution is 2.55. The van der Waals surface area contributed by atoms with Gasteiger partial charge in [0.15, 0.2) is 0 Å². The Morgan fingerprint density at radius 1 is 0.561 bits per heavy atom. The first-order chi connectivity index (χ1) is 46.7. The number of methoxy groups -OCH3 is 2. The summed E-state index contributed by atoms with van der Waals surface area (Å²) in [6, 6.07) is 22.9. The fourth-order valence-corrected chi connectivity index (χ4v) is 20.4. The van der Waals surface area contributed by atoms with Gasteiger partial charge in [0.25, 0.3) is 11.8 Å². The van der Waals surface area contributed by atoms with Crippen LogP contribution in [0.5, 0.6) is 11.5 Å². The number of imidazole rings is 2.